The molecule has 1 saturated heterocycles. The minimum absolute atomic E-state index is 0.0820. The normalized spacial score (nSPS) is 16.3. The molecule has 2 N–H and O–H groups in total. The molecule has 1 aromatic carbocycles. The van der Waals surface area contributed by atoms with Crippen molar-refractivity contribution in [3.63, 3.8) is 0 Å². The minimum atomic E-state index is -0.805. The molecule has 0 aliphatic carbocycles. The van der Waals surface area contributed by atoms with Gasteiger partial charge < -0.3 is 19.8 Å². The van der Waals surface area contributed by atoms with E-state index in [2.05, 4.69) is 25.3 Å². The van der Waals surface area contributed by atoms with Crippen LogP contribution in [0.25, 0.3) is 11.0 Å². The standard InChI is InChI=1S/C19H27N3O3/c1-12-15(25-18(20)23)6-5-14-16(12)21-17(19(2,3)4)22(14)11-13-7-9-24-10-8-13/h5-6,13H,7-11H2,1-4H3,(H2,20,23). The van der Waals surface area contributed by atoms with Gasteiger partial charge in [0, 0.05) is 30.7 Å². The number of nitrogens with zero attached hydrogens (tertiary/aromatic N) is 2. The predicted octanol–water partition coefficient (Wildman–Crippen LogP) is 3.53. The first-order chi connectivity index (χ1) is 11.8. The Kier molecular flexibility index (Phi) is 4.73. The van der Waals surface area contributed by atoms with E-state index in [1.165, 1.54) is 0 Å². The molecule has 0 bridgehead atoms. The zero-order valence-electron chi connectivity index (χ0n) is 15.5. The maximum absolute atomic E-state index is 11.1. The summed E-state index contributed by atoms with van der Waals surface area (Å²) in [5, 5.41) is 0. The number of ether oxygens (including phenoxy) is 2. The van der Waals surface area contributed by atoms with E-state index >= 15 is 0 Å². The second kappa shape index (κ2) is 6.67. The molecule has 0 saturated carbocycles. The lowest BCUT2D eigenvalue weighted by Crippen LogP contribution is -2.25. The van der Waals surface area contributed by atoms with Gasteiger partial charge in [-0.15, -0.1) is 0 Å². The van der Waals surface area contributed by atoms with Crippen molar-refractivity contribution in [2.75, 3.05) is 13.2 Å². The van der Waals surface area contributed by atoms with Crippen molar-refractivity contribution in [1.82, 2.24) is 9.55 Å². The molecule has 1 amide bonds. The molecular formula is C19H27N3O3. The first-order valence-electron chi connectivity index (χ1n) is 8.82. The molecule has 1 fully saturated rings. The maximum atomic E-state index is 11.1. The van der Waals surface area contributed by atoms with Gasteiger partial charge in [-0.3, -0.25) is 0 Å². The van der Waals surface area contributed by atoms with Gasteiger partial charge in [-0.25, -0.2) is 9.78 Å². The summed E-state index contributed by atoms with van der Waals surface area (Å²) in [6, 6.07) is 3.78. The van der Waals surface area contributed by atoms with Gasteiger partial charge in [0.1, 0.15) is 11.6 Å². The van der Waals surface area contributed by atoms with Crippen molar-refractivity contribution in [2.24, 2.45) is 11.7 Å². The summed E-state index contributed by atoms with van der Waals surface area (Å²) < 4.78 is 12.9. The van der Waals surface area contributed by atoms with E-state index in [0.29, 0.717) is 11.7 Å². The van der Waals surface area contributed by atoms with Gasteiger partial charge in [-0.2, -0.15) is 0 Å². The van der Waals surface area contributed by atoms with E-state index in [4.69, 9.17) is 20.2 Å². The van der Waals surface area contributed by atoms with Gasteiger partial charge in [-0.05, 0) is 37.8 Å². The molecule has 0 radical (unpaired) electrons. The first-order valence-corrected chi connectivity index (χ1v) is 8.82. The SMILES string of the molecule is Cc1c(OC(N)=O)ccc2c1nc(C(C)(C)C)n2CC1CCOCC1. The molecule has 1 aromatic heterocycles. The molecule has 25 heavy (non-hydrogen) atoms. The second-order valence-corrected chi connectivity index (χ2v) is 7.83. The summed E-state index contributed by atoms with van der Waals surface area (Å²) in [4.78, 5) is 16.0. The zero-order chi connectivity index (χ0) is 18.2. The van der Waals surface area contributed by atoms with Crippen molar-refractivity contribution < 1.29 is 14.3 Å². The van der Waals surface area contributed by atoms with Crippen LogP contribution in [0, 0.1) is 12.8 Å². The van der Waals surface area contributed by atoms with Crippen LogP contribution >= 0.6 is 0 Å². The number of fused-ring (bicyclic) bond motifs is 1. The summed E-state index contributed by atoms with van der Waals surface area (Å²) in [6.45, 7) is 11.0. The Morgan fingerprint density at radius 3 is 2.64 bits per heavy atom. The third kappa shape index (κ3) is 3.63. The number of carbonyl (C=O) groups is 1. The van der Waals surface area contributed by atoms with E-state index in [-0.39, 0.29) is 5.41 Å². The van der Waals surface area contributed by atoms with E-state index in [9.17, 15) is 4.79 Å². The van der Waals surface area contributed by atoms with Gasteiger partial charge in [-0.1, -0.05) is 20.8 Å². The van der Waals surface area contributed by atoms with Crippen molar-refractivity contribution >= 4 is 17.1 Å². The van der Waals surface area contributed by atoms with Crippen molar-refractivity contribution in [3.05, 3.63) is 23.5 Å². The van der Waals surface area contributed by atoms with Crippen molar-refractivity contribution in [3.8, 4) is 5.75 Å². The zero-order valence-corrected chi connectivity index (χ0v) is 15.5. The Labute approximate surface area is 148 Å². The molecular weight excluding hydrogens is 318 g/mol. The van der Waals surface area contributed by atoms with Gasteiger partial charge in [0.25, 0.3) is 0 Å². The maximum Gasteiger partial charge on any atom is 0.409 e. The highest BCUT2D eigenvalue weighted by Crippen LogP contribution is 2.33. The summed E-state index contributed by atoms with van der Waals surface area (Å²) in [5.74, 6) is 2.11. The molecule has 0 atom stereocenters. The van der Waals surface area contributed by atoms with Crippen LogP contribution in [-0.4, -0.2) is 28.9 Å². The third-order valence-electron chi connectivity index (χ3n) is 4.79. The first kappa shape index (κ1) is 17.7. The fourth-order valence-electron chi connectivity index (χ4n) is 3.47. The summed E-state index contributed by atoms with van der Waals surface area (Å²) in [7, 11) is 0. The number of amides is 1. The third-order valence-corrected chi connectivity index (χ3v) is 4.79. The summed E-state index contributed by atoms with van der Waals surface area (Å²) in [6.07, 6.45) is 1.34. The topological polar surface area (TPSA) is 79.4 Å². The Morgan fingerprint density at radius 1 is 1.36 bits per heavy atom. The van der Waals surface area contributed by atoms with E-state index in [1.54, 1.807) is 6.07 Å². The second-order valence-electron chi connectivity index (χ2n) is 7.83. The molecule has 6 heteroatoms. The number of primary amides is 1. The number of imidazole rings is 1. The van der Waals surface area contributed by atoms with Crippen LogP contribution in [0.2, 0.25) is 0 Å². The molecule has 1 aliphatic rings. The summed E-state index contributed by atoms with van der Waals surface area (Å²) >= 11 is 0. The molecule has 3 rings (SSSR count). The number of hydrogen-bond donors (Lipinski definition) is 1. The van der Waals surface area contributed by atoms with Gasteiger partial charge in [0.05, 0.1) is 11.0 Å². The smallest absolute Gasteiger partial charge is 0.409 e. The number of rotatable bonds is 3. The molecule has 0 unspecified atom stereocenters. The van der Waals surface area contributed by atoms with Crippen LogP contribution in [0.1, 0.15) is 45.0 Å². The number of aromatic nitrogens is 2. The van der Waals surface area contributed by atoms with Crippen LogP contribution in [0.3, 0.4) is 0 Å². The lowest BCUT2D eigenvalue weighted by Gasteiger charge is -2.26. The van der Waals surface area contributed by atoms with Crippen LogP contribution in [0.15, 0.2) is 12.1 Å². The largest absolute Gasteiger partial charge is 0.410 e. The van der Waals surface area contributed by atoms with E-state index < -0.39 is 6.09 Å². The van der Waals surface area contributed by atoms with Crippen LogP contribution in [0.5, 0.6) is 5.75 Å². The molecule has 6 nitrogen and oxygen atoms in total. The number of benzene rings is 1. The molecule has 2 aromatic rings. The Morgan fingerprint density at radius 2 is 2.04 bits per heavy atom. The average Bonchev–Trinajstić information content (AvgIpc) is 2.90. The van der Waals surface area contributed by atoms with Crippen molar-refractivity contribution in [2.45, 2.75) is 52.5 Å². The highest BCUT2D eigenvalue weighted by Gasteiger charge is 2.26. The molecule has 1 aliphatic heterocycles. The number of carbonyl (C=O) groups excluding carboxylic acids is 1. The lowest BCUT2D eigenvalue weighted by molar-refractivity contribution is 0.0611. The van der Waals surface area contributed by atoms with Gasteiger partial charge in [0.15, 0.2) is 0 Å². The van der Waals surface area contributed by atoms with E-state index in [1.807, 2.05) is 13.0 Å². The van der Waals surface area contributed by atoms with Crippen LogP contribution < -0.4 is 10.5 Å². The summed E-state index contributed by atoms with van der Waals surface area (Å²) in [5.41, 5.74) is 7.87. The lowest BCUT2D eigenvalue weighted by atomic mass is 9.94. The van der Waals surface area contributed by atoms with Crippen molar-refractivity contribution in [1.29, 1.82) is 0 Å². The van der Waals surface area contributed by atoms with Crippen LogP contribution in [-0.2, 0) is 16.7 Å². The predicted molar refractivity (Wildman–Crippen MR) is 96.9 cm³/mol. The molecule has 0 spiro atoms. The Hall–Kier alpha value is -2.08. The quantitative estimate of drug-likeness (QED) is 0.923. The van der Waals surface area contributed by atoms with Gasteiger partial charge >= 0.3 is 6.09 Å². The van der Waals surface area contributed by atoms with Crippen LogP contribution in [0.4, 0.5) is 4.79 Å². The number of hydrogen-bond acceptors (Lipinski definition) is 4. The fourth-order valence-corrected chi connectivity index (χ4v) is 3.47. The average molecular weight is 345 g/mol. The Balaban J connectivity index is 2.09. The number of nitrogens with two attached hydrogens (primary N) is 1. The highest BCUT2D eigenvalue weighted by atomic mass is 16.5. The highest BCUT2D eigenvalue weighted by molar-refractivity contribution is 5.83. The fraction of sp³-hybridized carbons (Fsp3) is 0.579. The molecule has 2 heterocycles. The van der Waals surface area contributed by atoms with E-state index in [0.717, 1.165) is 55.0 Å². The minimum Gasteiger partial charge on any atom is -0.410 e. The molecule has 136 valence electrons. The monoisotopic (exact) mass is 345 g/mol. The Bertz CT molecular complexity index is 783. The number of aryl methyl sites for hydroxylation is 1. The van der Waals surface area contributed by atoms with Gasteiger partial charge in [0.2, 0.25) is 0 Å².